The molecule has 110 valence electrons. The Morgan fingerprint density at radius 1 is 1.40 bits per heavy atom. The van der Waals surface area contributed by atoms with Crippen LogP contribution in [0.2, 0.25) is 0 Å². The van der Waals surface area contributed by atoms with Crippen molar-refractivity contribution in [2.75, 3.05) is 18.0 Å². The zero-order valence-corrected chi connectivity index (χ0v) is 12.2. The van der Waals surface area contributed by atoms with E-state index in [-0.39, 0.29) is 5.84 Å². The maximum atomic E-state index is 8.87. The third kappa shape index (κ3) is 2.69. The summed E-state index contributed by atoms with van der Waals surface area (Å²) in [7, 11) is 0. The van der Waals surface area contributed by atoms with Crippen LogP contribution in [0.3, 0.4) is 0 Å². The molecule has 0 spiro atoms. The molecule has 0 aliphatic carbocycles. The number of piperidine rings is 1. The van der Waals surface area contributed by atoms with Gasteiger partial charge in [-0.15, -0.1) is 5.10 Å². The first-order valence-corrected chi connectivity index (χ1v) is 7.20. The van der Waals surface area contributed by atoms with Crippen LogP contribution in [0, 0.1) is 5.41 Å². The SMILES string of the molecule is CCC1(CC)CCN(c2nnccc2/C(N)=N/O)CC1. The molecule has 0 amide bonds. The average molecular weight is 277 g/mol. The molecule has 20 heavy (non-hydrogen) atoms. The molecule has 0 atom stereocenters. The van der Waals surface area contributed by atoms with Crippen molar-refractivity contribution in [2.45, 2.75) is 39.5 Å². The molecule has 0 saturated carbocycles. The van der Waals surface area contributed by atoms with E-state index in [1.807, 2.05) is 0 Å². The zero-order chi connectivity index (χ0) is 14.6. The summed E-state index contributed by atoms with van der Waals surface area (Å²) in [5.41, 5.74) is 6.81. The van der Waals surface area contributed by atoms with Crippen LogP contribution in [0.1, 0.15) is 45.1 Å². The maximum absolute atomic E-state index is 8.87. The third-order valence-electron chi connectivity index (χ3n) is 4.71. The van der Waals surface area contributed by atoms with E-state index in [2.05, 4.69) is 34.1 Å². The summed E-state index contributed by atoms with van der Waals surface area (Å²) in [6.45, 7) is 6.41. The monoisotopic (exact) mass is 277 g/mol. The Hall–Kier alpha value is -1.85. The Kier molecular flexibility index (Phi) is 4.42. The lowest BCUT2D eigenvalue weighted by Gasteiger charge is -2.41. The normalized spacial score (nSPS) is 19.1. The van der Waals surface area contributed by atoms with E-state index in [0.29, 0.717) is 16.8 Å². The number of hydrogen-bond donors (Lipinski definition) is 2. The Morgan fingerprint density at radius 3 is 2.60 bits per heavy atom. The number of amidine groups is 1. The van der Waals surface area contributed by atoms with Crippen LogP contribution in [0.15, 0.2) is 17.4 Å². The summed E-state index contributed by atoms with van der Waals surface area (Å²) in [5.74, 6) is 0.793. The smallest absolute Gasteiger partial charge is 0.173 e. The van der Waals surface area contributed by atoms with Gasteiger partial charge < -0.3 is 15.8 Å². The molecule has 2 rings (SSSR count). The first-order chi connectivity index (χ1) is 9.65. The van der Waals surface area contributed by atoms with Gasteiger partial charge in [0, 0.05) is 13.1 Å². The number of nitrogens with zero attached hydrogens (tertiary/aromatic N) is 4. The number of rotatable bonds is 4. The second-order valence-corrected chi connectivity index (χ2v) is 5.45. The standard InChI is InChI=1S/C14H23N5O/c1-3-14(4-2)6-9-19(10-7-14)13-11(12(15)18-20)5-8-16-17-13/h5,8,20H,3-4,6-7,9-10H2,1-2H3,(H2,15,18). The molecule has 1 aromatic rings. The van der Waals surface area contributed by atoms with Crippen molar-refractivity contribution in [3.63, 3.8) is 0 Å². The topological polar surface area (TPSA) is 87.6 Å². The van der Waals surface area contributed by atoms with Crippen LogP contribution in [-0.2, 0) is 0 Å². The highest BCUT2D eigenvalue weighted by molar-refractivity contribution is 6.01. The van der Waals surface area contributed by atoms with Gasteiger partial charge in [0.25, 0.3) is 0 Å². The number of oxime groups is 1. The van der Waals surface area contributed by atoms with Gasteiger partial charge in [-0.25, -0.2) is 0 Å². The van der Waals surface area contributed by atoms with E-state index in [9.17, 15) is 0 Å². The summed E-state index contributed by atoms with van der Waals surface area (Å²) in [5, 5.41) is 20.0. The molecular formula is C14H23N5O. The minimum Gasteiger partial charge on any atom is -0.409 e. The van der Waals surface area contributed by atoms with Gasteiger partial charge in [-0.05, 0) is 24.3 Å². The Bertz CT molecular complexity index is 474. The summed E-state index contributed by atoms with van der Waals surface area (Å²) >= 11 is 0. The van der Waals surface area contributed by atoms with Crippen molar-refractivity contribution < 1.29 is 5.21 Å². The van der Waals surface area contributed by atoms with Gasteiger partial charge in [-0.3, -0.25) is 0 Å². The van der Waals surface area contributed by atoms with Gasteiger partial charge >= 0.3 is 0 Å². The maximum Gasteiger partial charge on any atom is 0.173 e. The van der Waals surface area contributed by atoms with Crippen LogP contribution in [0.5, 0.6) is 0 Å². The zero-order valence-electron chi connectivity index (χ0n) is 12.2. The highest BCUT2D eigenvalue weighted by Gasteiger charge is 2.32. The van der Waals surface area contributed by atoms with Crippen molar-refractivity contribution in [3.8, 4) is 0 Å². The van der Waals surface area contributed by atoms with Gasteiger partial charge in [0.2, 0.25) is 0 Å². The van der Waals surface area contributed by atoms with Gasteiger partial charge in [-0.1, -0.05) is 31.8 Å². The molecule has 1 aliphatic rings. The molecule has 1 saturated heterocycles. The van der Waals surface area contributed by atoms with Crippen molar-refractivity contribution >= 4 is 11.7 Å². The molecule has 3 N–H and O–H groups in total. The van der Waals surface area contributed by atoms with Crippen molar-refractivity contribution in [2.24, 2.45) is 16.3 Å². The summed E-state index contributed by atoms with van der Waals surface area (Å²) in [4.78, 5) is 2.18. The molecule has 2 heterocycles. The van der Waals surface area contributed by atoms with Crippen molar-refractivity contribution in [1.29, 1.82) is 0 Å². The minimum atomic E-state index is 0.0812. The fourth-order valence-electron chi connectivity index (χ4n) is 2.96. The molecule has 1 fully saturated rings. The van der Waals surface area contributed by atoms with E-state index in [0.717, 1.165) is 25.9 Å². The van der Waals surface area contributed by atoms with Gasteiger partial charge in [0.15, 0.2) is 11.7 Å². The molecular weight excluding hydrogens is 254 g/mol. The van der Waals surface area contributed by atoms with E-state index >= 15 is 0 Å². The van der Waals surface area contributed by atoms with E-state index in [4.69, 9.17) is 10.9 Å². The number of aromatic nitrogens is 2. The molecule has 0 bridgehead atoms. The predicted octanol–water partition coefficient (Wildman–Crippen LogP) is 1.98. The predicted molar refractivity (Wildman–Crippen MR) is 79.0 cm³/mol. The fourth-order valence-corrected chi connectivity index (χ4v) is 2.96. The lowest BCUT2D eigenvalue weighted by molar-refractivity contribution is 0.199. The lowest BCUT2D eigenvalue weighted by atomic mass is 9.74. The van der Waals surface area contributed by atoms with Crippen LogP contribution in [0.25, 0.3) is 0 Å². The Labute approximate surface area is 119 Å². The first-order valence-electron chi connectivity index (χ1n) is 7.20. The van der Waals surface area contributed by atoms with Gasteiger partial charge in [-0.2, -0.15) is 5.10 Å². The Morgan fingerprint density at radius 2 is 2.05 bits per heavy atom. The molecule has 0 radical (unpaired) electrons. The quantitative estimate of drug-likeness (QED) is 0.380. The fraction of sp³-hybridized carbons (Fsp3) is 0.643. The summed E-state index contributed by atoms with van der Waals surface area (Å²) in [6.07, 6.45) is 6.28. The molecule has 1 aromatic heterocycles. The van der Waals surface area contributed by atoms with E-state index in [1.165, 1.54) is 12.8 Å². The Balaban J connectivity index is 2.19. The van der Waals surface area contributed by atoms with Gasteiger partial charge in [0.1, 0.15) is 0 Å². The lowest BCUT2D eigenvalue weighted by Crippen LogP contribution is -2.41. The molecule has 0 unspecified atom stereocenters. The largest absolute Gasteiger partial charge is 0.409 e. The first kappa shape index (κ1) is 14.6. The number of nitrogens with two attached hydrogens (primary N) is 1. The van der Waals surface area contributed by atoms with E-state index in [1.54, 1.807) is 12.3 Å². The molecule has 6 heteroatoms. The van der Waals surface area contributed by atoms with Crippen LogP contribution >= 0.6 is 0 Å². The van der Waals surface area contributed by atoms with Crippen molar-refractivity contribution in [1.82, 2.24) is 10.2 Å². The average Bonchev–Trinajstić information content (AvgIpc) is 2.54. The van der Waals surface area contributed by atoms with Crippen LogP contribution in [0.4, 0.5) is 5.82 Å². The third-order valence-corrected chi connectivity index (χ3v) is 4.71. The molecule has 6 nitrogen and oxygen atoms in total. The van der Waals surface area contributed by atoms with E-state index < -0.39 is 0 Å². The van der Waals surface area contributed by atoms with Crippen molar-refractivity contribution in [3.05, 3.63) is 17.8 Å². The summed E-state index contributed by atoms with van der Waals surface area (Å²) in [6, 6.07) is 1.74. The van der Waals surface area contributed by atoms with Gasteiger partial charge in [0.05, 0.1) is 11.8 Å². The molecule has 1 aliphatic heterocycles. The van der Waals surface area contributed by atoms with Crippen LogP contribution < -0.4 is 10.6 Å². The minimum absolute atomic E-state index is 0.0812. The highest BCUT2D eigenvalue weighted by Crippen LogP contribution is 2.39. The summed E-state index contributed by atoms with van der Waals surface area (Å²) < 4.78 is 0. The second kappa shape index (κ2) is 6.07. The number of anilines is 1. The van der Waals surface area contributed by atoms with Crippen LogP contribution in [-0.4, -0.2) is 34.3 Å². The highest BCUT2D eigenvalue weighted by atomic mass is 16.4. The number of hydrogen-bond acceptors (Lipinski definition) is 5. The molecule has 0 aromatic carbocycles. The second-order valence-electron chi connectivity index (χ2n) is 5.45.